The Morgan fingerprint density at radius 2 is 1.67 bits per heavy atom. The Kier molecular flexibility index (Phi) is 15.9. The van der Waals surface area contributed by atoms with E-state index in [0.717, 1.165) is 42.8 Å². The van der Waals surface area contributed by atoms with Gasteiger partial charge in [0.05, 0.1) is 6.54 Å². The van der Waals surface area contributed by atoms with Crippen LogP contribution in [0.5, 0.6) is 0 Å². The smallest absolute Gasteiger partial charge is 0.409 e. The van der Waals surface area contributed by atoms with Gasteiger partial charge >= 0.3 is 6.09 Å². The molecule has 3 N–H and O–H groups in total. The Balaban J connectivity index is 2.69. The van der Waals surface area contributed by atoms with Crippen molar-refractivity contribution in [1.82, 2.24) is 20.4 Å². The zero-order chi connectivity index (χ0) is 29.4. The molecule has 1 aromatic carbocycles. The van der Waals surface area contributed by atoms with E-state index in [1.165, 1.54) is 0 Å². The Bertz CT molecular complexity index is 912. The lowest BCUT2D eigenvalue weighted by molar-refractivity contribution is -0.130. The number of amides is 3. The number of likely N-dealkylation sites (N-methyl/N-ethyl adjacent to an activating group) is 2. The van der Waals surface area contributed by atoms with Crippen LogP contribution in [-0.4, -0.2) is 74.5 Å². The molecular weight excluding hydrogens is 494 g/mol. The van der Waals surface area contributed by atoms with E-state index in [2.05, 4.69) is 42.8 Å². The van der Waals surface area contributed by atoms with E-state index < -0.39 is 6.04 Å². The molecule has 0 aliphatic carbocycles. The molecule has 0 radical (unpaired) electrons. The van der Waals surface area contributed by atoms with E-state index in [0.29, 0.717) is 25.4 Å². The molecule has 1 atom stereocenters. The van der Waals surface area contributed by atoms with Crippen LogP contribution >= 0.6 is 0 Å². The molecule has 0 spiro atoms. The lowest BCUT2D eigenvalue weighted by atomic mass is 10.0. The first-order valence-electron chi connectivity index (χ1n) is 14.1. The zero-order valence-corrected chi connectivity index (χ0v) is 25.3. The fourth-order valence-electron chi connectivity index (χ4n) is 3.54. The number of hydrogen-bond donors (Lipinski definition) is 3. The molecule has 1 aromatic rings. The number of carbonyl (C=O) groups excluding carboxylic acids is 3. The Hall–Kier alpha value is -3.07. The molecule has 0 saturated carbocycles. The summed E-state index contributed by atoms with van der Waals surface area (Å²) in [5, 5.41) is 9.27. The number of unbranched alkanes of at least 4 members (excludes halogenated alkanes) is 1. The van der Waals surface area contributed by atoms with Crippen LogP contribution in [0.25, 0.3) is 0 Å². The molecule has 0 bridgehead atoms. The highest BCUT2D eigenvalue weighted by Crippen LogP contribution is 2.14. The average molecular weight is 546 g/mol. The number of nitrogens with zero attached hydrogens (tertiary/aromatic N) is 2. The zero-order valence-electron chi connectivity index (χ0n) is 25.3. The molecule has 1 unspecified atom stereocenters. The van der Waals surface area contributed by atoms with E-state index in [4.69, 9.17) is 4.74 Å². The molecule has 0 fully saturated rings. The van der Waals surface area contributed by atoms with E-state index in [-0.39, 0.29) is 30.4 Å². The fraction of sp³-hybridized carbons (Fsp3) is 0.633. The van der Waals surface area contributed by atoms with Crippen LogP contribution in [0, 0.1) is 11.8 Å². The summed E-state index contributed by atoms with van der Waals surface area (Å²) in [6.07, 6.45) is 4.78. The van der Waals surface area contributed by atoms with Gasteiger partial charge in [0.25, 0.3) is 0 Å². The number of carbonyl (C=O) groups is 3. The van der Waals surface area contributed by atoms with Gasteiger partial charge in [0.15, 0.2) is 0 Å². The summed E-state index contributed by atoms with van der Waals surface area (Å²) < 4.78 is 5.42. The van der Waals surface area contributed by atoms with Gasteiger partial charge in [-0.25, -0.2) is 4.79 Å². The molecular formula is C30H51N5O4. The van der Waals surface area contributed by atoms with Crippen molar-refractivity contribution in [2.45, 2.75) is 73.0 Å². The summed E-state index contributed by atoms with van der Waals surface area (Å²) in [5.74, 6) is 0.116. The van der Waals surface area contributed by atoms with E-state index in [1.807, 2.05) is 57.1 Å². The van der Waals surface area contributed by atoms with E-state index >= 15 is 0 Å². The molecule has 9 nitrogen and oxygen atoms in total. The maximum Gasteiger partial charge on any atom is 0.409 e. The number of benzene rings is 1. The number of hydrogen-bond acceptors (Lipinski definition) is 6. The third-order valence-electron chi connectivity index (χ3n) is 6.16. The molecule has 39 heavy (non-hydrogen) atoms. The standard InChI is InChI=1S/C30H51N5O4/c1-9-10-11-26(20-31-29(37)28(23(4)5)33-27(36)17-12-22(2)3)32-25-15-13-24(14-16-25)21-39-30(38)35(8)19-18-34(6)7/h11,13-16,22-23,28,32H,9-10,12,17-21H2,1-8H3,(H,31,37)(H,33,36)/b26-11+. The lowest BCUT2D eigenvalue weighted by Crippen LogP contribution is -2.50. The van der Waals surface area contributed by atoms with Crippen molar-refractivity contribution in [3.8, 4) is 0 Å². The summed E-state index contributed by atoms with van der Waals surface area (Å²) in [6, 6.07) is 7.08. The Morgan fingerprint density at radius 1 is 1.00 bits per heavy atom. The van der Waals surface area contributed by atoms with Crippen molar-refractivity contribution in [3.63, 3.8) is 0 Å². The molecule has 0 aliphatic rings. The summed E-state index contributed by atoms with van der Waals surface area (Å²) in [4.78, 5) is 41.1. The SMILES string of the molecule is CCC/C=C(\CNC(=O)C(NC(=O)CCC(C)C)C(C)C)Nc1ccc(COC(=O)N(C)CCN(C)C)cc1. The van der Waals surface area contributed by atoms with Gasteiger partial charge in [-0.2, -0.15) is 0 Å². The third-order valence-corrected chi connectivity index (χ3v) is 6.16. The average Bonchev–Trinajstić information content (AvgIpc) is 2.89. The summed E-state index contributed by atoms with van der Waals surface area (Å²) in [6.45, 7) is 12.0. The minimum absolute atomic E-state index is 0.0292. The molecule has 3 amide bonds. The maximum atomic E-state index is 13.0. The normalized spacial score (nSPS) is 12.4. The van der Waals surface area contributed by atoms with Crippen molar-refractivity contribution in [2.75, 3.05) is 46.1 Å². The van der Waals surface area contributed by atoms with Crippen molar-refractivity contribution in [3.05, 3.63) is 41.6 Å². The Labute approximate surface area is 235 Å². The van der Waals surface area contributed by atoms with Crippen LogP contribution in [0.1, 0.15) is 65.9 Å². The van der Waals surface area contributed by atoms with Gasteiger partial charge in [0, 0.05) is 37.9 Å². The van der Waals surface area contributed by atoms with E-state index in [9.17, 15) is 14.4 Å². The number of anilines is 1. The highest BCUT2D eigenvalue weighted by Gasteiger charge is 2.24. The highest BCUT2D eigenvalue weighted by molar-refractivity contribution is 5.88. The highest BCUT2D eigenvalue weighted by atomic mass is 16.6. The number of ether oxygens (including phenoxy) is 1. The van der Waals surface area contributed by atoms with Gasteiger partial charge in [-0.3, -0.25) is 9.59 Å². The molecule has 220 valence electrons. The summed E-state index contributed by atoms with van der Waals surface area (Å²) in [5.41, 5.74) is 2.63. The first-order valence-corrected chi connectivity index (χ1v) is 14.1. The van der Waals surface area contributed by atoms with Crippen LogP contribution in [0.2, 0.25) is 0 Å². The second-order valence-corrected chi connectivity index (χ2v) is 11.1. The van der Waals surface area contributed by atoms with Crippen LogP contribution in [0.3, 0.4) is 0 Å². The Morgan fingerprint density at radius 3 is 2.23 bits per heavy atom. The van der Waals surface area contributed by atoms with Gasteiger partial charge in [-0.1, -0.05) is 59.2 Å². The van der Waals surface area contributed by atoms with E-state index in [1.54, 1.807) is 11.9 Å². The minimum Gasteiger partial charge on any atom is -0.445 e. The number of allylic oxidation sites excluding steroid dienone is 1. The van der Waals surface area contributed by atoms with Crippen LogP contribution in [0.4, 0.5) is 10.5 Å². The largest absolute Gasteiger partial charge is 0.445 e. The predicted octanol–water partition coefficient (Wildman–Crippen LogP) is 4.61. The van der Waals surface area contributed by atoms with Crippen molar-refractivity contribution in [1.29, 1.82) is 0 Å². The summed E-state index contributed by atoms with van der Waals surface area (Å²) >= 11 is 0. The van der Waals surface area contributed by atoms with Crippen molar-refractivity contribution < 1.29 is 19.1 Å². The molecule has 0 aromatic heterocycles. The molecule has 1 rings (SSSR count). The lowest BCUT2D eigenvalue weighted by Gasteiger charge is -2.23. The molecule has 9 heteroatoms. The van der Waals surface area contributed by atoms with Crippen molar-refractivity contribution >= 4 is 23.6 Å². The van der Waals surface area contributed by atoms with Crippen LogP contribution in [-0.2, 0) is 20.9 Å². The summed E-state index contributed by atoms with van der Waals surface area (Å²) in [7, 11) is 5.65. The maximum absolute atomic E-state index is 13.0. The predicted molar refractivity (Wildman–Crippen MR) is 158 cm³/mol. The molecule has 0 aliphatic heterocycles. The van der Waals surface area contributed by atoms with Gasteiger partial charge in [-0.05, 0) is 56.5 Å². The second kappa shape index (κ2) is 18.3. The van der Waals surface area contributed by atoms with Crippen molar-refractivity contribution in [2.24, 2.45) is 11.8 Å². The van der Waals surface area contributed by atoms with Gasteiger partial charge in [0.1, 0.15) is 12.6 Å². The number of rotatable bonds is 17. The van der Waals surface area contributed by atoms with Crippen LogP contribution in [0.15, 0.2) is 36.0 Å². The topological polar surface area (TPSA) is 103 Å². The fourth-order valence-corrected chi connectivity index (χ4v) is 3.54. The first-order chi connectivity index (χ1) is 18.4. The number of nitrogens with one attached hydrogen (secondary N) is 3. The monoisotopic (exact) mass is 545 g/mol. The van der Waals surface area contributed by atoms with Crippen LogP contribution < -0.4 is 16.0 Å². The second-order valence-electron chi connectivity index (χ2n) is 11.1. The van der Waals surface area contributed by atoms with Gasteiger partial charge in [0.2, 0.25) is 11.8 Å². The molecule has 0 saturated heterocycles. The van der Waals surface area contributed by atoms with Gasteiger partial charge in [-0.15, -0.1) is 0 Å². The van der Waals surface area contributed by atoms with Gasteiger partial charge < -0.3 is 30.5 Å². The minimum atomic E-state index is -0.582. The first kappa shape index (κ1) is 34.0. The quantitative estimate of drug-likeness (QED) is 0.264. The third kappa shape index (κ3) is 14.6. The molecule has 0 heterocycles.